The van der Waals surface area contributed by atoms with Gasteiger partial charge in [0.05, 0.1) is 17.0 Å². The van der Waals surface area contributed by atoms with Gasteiger partial charge >= 0.3 is 5.97 Å². The van der Waals surface area contributed by atoms with Gasteiger partial charge in [-0.3, -0.25) is 19.6 Å². The minimum Gasteiger partial charge on any atom is -0.481 e. The Morgan fingerprint density at radius 2 is 1.91 bits per heavy atom. The summed E-state index contributed by atoms with van der Waals surface area (Å²) in [5, 5.41) is 13.6. The molecule has 0 saturated heterocycles. The van der Waals surface area contributed by atoms with Gasteiger partial charge in [0.2, 0.25) is 5.91 Å². The van der Waals surface area contributed by atoms with E-state index in [4.69, 9.17) is 0 Å². The Morgan fingerprint density at radius 3 is 2.65 bits per heavy atom. The number of amides is 1. The quantitative estimate of drug-likeness (QED) is 0.720. The number of nitrogens with zero attached hydrogens (tertiary/aromatic N) is 2. The predicted octanol–water partition coefficient (Wildman–Crippen LogP) is 2.09. The summed E-state index contributed by atoms with van der Waals surface area (Å²) in [6.07, 6.45) is 3.12. The maximum absolute atomic E-state index is 11.6. The highest BCUT2D eigenvalue weighted by atomic mass is 16.4. The molecule has 2 aromatic heterocycles. The molecule has 2 N–H and O–H groups in total. The number of pyridine rings is 2. The fourth-order valence-electron chi connectivity index (χ4n) is 2.70. The molecule has 2 heterocycles. The first-order chi connectivity index (χ1) is 11.1. The first-order valence-electron chi connectivity index (χ1n) is 7.17. The fourth-order valence-corrected chi connectivity index (χ4v) is 2.70. The molecule has 3 rings (SSSR count). The molecular weight excluding hydrogens is 294 g/mol. The Kier molecular flexibility index (Phi) is 3.89. The van der Waals surface area contributed by atoms with Crippen LogP contribution in [-0.2, 0) is 9.59 Å². The summed E-state index contributed by atoms with van der Waals surface area (Å²) in [6, 6.07) is 9.13. The third kappa shape index (κ3) is 2.70. The van der Waals surface area contributed by atoms with Gasteiger partial charge in [0, 0.05) is 36.6 Å². The molecule has 3 aromatic rings. The molecule has 1 amide bonds. The van der Waals surface area contributed by atoms with E-state index in [9.17, 15) is 14.7 Å². The molecule has 0 bridgehead atoms. The number of hydrogen-bond donors (Lipinski definition) is 2. The van der Waals surface area contributed by atoms with Crippen molar-refractivity contribution in [1.82, 2.24) is 15.3 Å². The molecule has 0 aliphatic carbocycles. The van der Waals surface area contributed by atoms with Gasteiger partial charge in [-0.25, -0.2) is 0 Å². The molecule has 23 heavy (non-hydrogen) atoms. The lowest BCUT2D eigenvalue weighted by molar-refractivity contribution is -0.140. The second-order valence-electron chi connectivity index (χ2n) is 5.21. The number of rotatable bonds is 4. The van der Waals surface area contributed by atoms with Crippen molar-refractivity contribution >= 4 is 33.7 Å². The van der Waals surface area contributed by atoms with E-state index in [-0.39, 0.29) is 12.3 Å². The number of carboxylic acids is 1. The standard InChI is InChI=1S/C17H15N3O3/c1-18-14(21)9-13(17(22)23)11-6-8-20-16-12(11)5-4-10-3-2-7-19-15(10)16/h2-8,13H,9H2,1H3,(H,18,21)(H,22,23). The molecule has 0 radical (unpaired) electrons. The number of fused-ring (bicyclic) bond motifs is 3. The zero-order valence-corrected chi connectivity index (χ0v) is 12.5. The Morgan fingerprint density at radius 1 is 1.13 bits per heavy atom. The number of benzene rings is 1. The Hall–Kier alpha value is -3.02. The number of carbonyl (C=O) groups excluding carboxylic acids is 1. The van der Waals surface area contributed by atoms with Gasteiger partial charge in [0.25, 0.3) is 0 Å². The molecule has 6 heteroatoms. The van der Waals surface area contributed by atoms with Crippen molar-refractivity contribution in [3.05, 3.63) is 48.3 Å². The van der Waals surface area contributed by atoms with Crippen LogP contribution in [0.25, 0.3) is 21.8 Å². The van der Waals surface area contributed by atoms with E-state index in [0.29, 0.717) is 16.5 Å². The number of hydrogen-bond acceptors (Lipinski definition) is 4. The highest BCUT2D eigenvalue weighted by Gasteiger charge is 2.25. The molecule has 0 fully saturated rings. The number of nitrogens with one attached hydrogen (secondary N) is 1. The molecule has 0 aliphatic heterocycles. The first kappa shape index (κ1) is 14.9. The SMILES string of the molecule is CNC(=O)CC(C(=O)O)c1ccnc2c1ccc1cccnc12. The average Bonchev–Trinajstić information content (AvgIpc) is 2.58. The number of aromatic nitrogens is 2. The molecule has 1 aromatic carbocycles. The van der Waals surface area contributed by atoms with E-state index >= 15 is 0 Å². The summed E-state index contributed by atoms with van der Waals surface area (Å²) < 4.78 is 0. The Labute approximate surface area is 132 Å². The lowest BCUT2D eigenvalue weighted by atomic mass is 9.92. The van der Waals surface area contributed by atoms with Crippen molar-refractivity contribution in [2.75, 3.05) is 7.05 Å². The topological polar surface area (TPSA) is 92.2 Å². The van der Waals surface area contributed by atoms with Crippen molar-refractivity contribution in [2.45, 2.75) is 12.3 Å². The molecule has 116 valence electrons. The van der Waals surface area contributed by atoms with E-state index in [1.165, 1.54) is 7.05 Å². The van der Waals surface area contributed by atoms with Crippen molar-refractivity contribution in [3.8, 4) is 0 Å². The van der Waals surface area contributed by atoms with E-state index < -0.39 is 11.9 Å². The minimum atomic E-state index is -1.04. The molecule has 1 atom stereocenters. The fraction of sp³-hybridized carbons (Fsp3) is 0.176. The molecule has 0 spiro atoms. The lowest BCUT2D eigenvalue weighted by Crippen LogP contribution is -2.24. The van der Waals surface area contributed by atoms with E-state index in [0.717, 1.165) is 10.9 Å². The van der Waals surface area contributed by atoms with Crippen molar-refractivity contribution in [2.24, 2.45) is 0 Å². The zero-order chi connectivity index (χ0) is 16.4. The van der Waals surface area contributed by atoms with Gasteiger partial charge in [-0.15, -0.1) is 0 Å². The van der Waals surface area contributed by atoms with Gasteiger partial charge in [0.1, 0.15) is 0 Å². The van der Waals surface area contributed by atoms with Gasteiger partial charge < -0.3 is 10.4 Å². The van der Waals surface area contributed by atoms with Crippen molar-refractivity contribution < 1.29 is 14.7 Å². The van der Waals surface area contributed by atoms with Crippen LogP contribution in [0.15, 0.2) is 42.7 Å². The van der Waals surface area contributed by atoms with Crippen LogP contribution in [-0.4, -0.2) is 34.0 Å². The molecule has 6 nitrogen and oxygen atoms in total. The van der Waals surface area contributed by atoms with Gasteiger partial charge in [0.15, 0.2) is 0 Å². The summed E-state index contributed by atoms with van der Waals surface area (Å²) >= 11 is 0. The van der Waals surface area contributed by atoms with Crippen LogP contribution in [0.1, 0.15) is 17.9 Å². The Balaban J connectivity index is 2.22. The number of aliphatic carboxylic acids is 1. The average molecular weight is 309 g/mol. The van der Waals surface area contributed by atoms with E-state index in [2.05, 4.69) is 15.3 Å². The maximum atomic E-state index is 11.6. The second kappa shape index (κ2) is 6.00. The predicted molar refractivity (Wildman–Crippen MR) is 86.1 cm³/mol. The highest BCUT2D eigenvalue weighted by Crippen LogP contribution is 2.30. The summed E-state index contributed by atoms with van der Waals surface area (Å²) in [5.41, 5.74) is 1.93. The summed E-state index contributed by atoms with van der Waals surface area (Å²) in [6.45, 7) is 0. The molecule has 0 aliphatic rings. The monoisotopic (exact) mass is 309 g/mol. The number of carbonyl (C=O) groups is 2. The summed E-state index contributed by atoms with van der Waals surface area (Å²) in [7, 11) is 1.49. The first-order valence-corrected chi connectivity index (χ1v) is 7.17. The van der Waals surface area contributed by atoms with Crippen molar-refractivity contribution in [1.29, 1.82) is 0 Å². The van der Waals surface area contributed by atoms with Gasteiger partial charge in [-0.05, 0) is 17.7 Å². The Bertz CT molecular complexity index is 908. The van der Waals surface area contributed by atoms with Crippen LogP contribution < -0.4 is 5.32 Å². The van der Waals surface area contributed by atoms with Crippen LogP contribution in [0.5, 0.6) is 0 Å². The second-order valence-corrected chi connectivity index (χ2v) is 5.21. The summed E-state index contributed by atoms with van der Waals surface area (Å²) in [4.78, 5) is 32.0. The largest absolute Gasteiger partial charge is 0.481 e. The third-order valence-electron chi connectivity index (χ3n) is 3.86. The molecule has 1 unspecified atom stereocenters. The van der Waals surface area contributed by atoms with E-state index in [1.54, 1.807) is 18.5 Å². The van der Waals surface area contributed by atoms with Gasteiger partial charge in [-0.1, -0.05) is 18.2 Å². The molecular formula is C17H15N3O3. The zero-order valence-electron chi connectivity index (χ0n) is 12.5. The minimum absolute atomic E-state index is 0.120. The highest BCUT2D eigenvalue weighted by molar-refractivity contribution is 6.05. The van der Waals surface area contributed by atoms with Crippen LogP contribution in [0.3, 0.4) is 0 Å². The smallest absolute Gasteiger partial charge is 0.311 e. The van der Waals surface area contributed by atoms with Crippen LogP contribution in [0.4, 0.5) is 0 Å². The molecule has 0 saturated carbocycles. The van der Waals surface area contributed by atoms with Crippen LogP contribution >= 0.6 is 0 Å². The number of carboxylic acid groups (broad SMARTS) is 1. The van der Waals surface area contributed by atoms with E-state index in [1.807, 2.05) is 24.3 Å². The third-order valence-corrected chi connectivity index (χ3v) is 3.86. The summed E-state index contributed by atoms with van der Waals surface area (Å²) in [5.74, 6) is -2.29. The van der Waals surface area contributed by atoms with Crippen molar-refractivity contribution in [3.63, 3.8) is 0 Å². The van der Waals surface area contributed by atoms with Gasteiger partial charge in [-0.2, -0.15) is 0 Å². The normalized spacial score (nSPS) is 12.2. The maximum Gasteiger partial charge on any atom is 0.311 e. The van der Waals surface area contributed by atoms with Crippen LogP contribution in [0, 0.1) is 0 Å². The lowest BCUT2D eigenvalue weighted by Gasteiger charge is -2.14. The van der Waals surface area contributed by atoms with Crippen LogP contribution in [0.2, 0.25) is 0 Å².